The van der Waals surface area contributed by atoms with Crippen molar-refractivity contribution >= 4 is 11.8 Å². The van der Waals surface area contributed by atoms with E-state index in [2.05, 4.69) is 36.1 Å². The Balaban J connectivity index is 0.000000141. The monoisotopic (exact) mass is 277 g/mol. The van der Waals surface area contributed by atoms with Crippen LogP contribution in [-0.2, 0) is 6.42 Å². The molecule has 106 valence electrons. The van der Waals surface area contributed by atoms with Crippen LogP contribution in [0.4, 0.5) is 0 Å². The Morgan fingerprint density at radius 3 is 2.58 bits per heavy atom. The van der Waals surface area contributed by atoms with Crippen molar-refractivity contribution in [3.63, 3.8) is 0 Å². The molecule has 0 spiro atoms. The first-order valence-electron chi connectivity index (χ1n) is 7.83. The molecule has 19 heavy (non-hydrogen) atoms. The third-order valence-corrected chi connectivity index (χ3v) is 5.01. The van der Waals surface area contributed by atoms with Crippen molar-refractivity contribution < 1.29 is 0 Å². The molecule has 0 bridgehead atoms. The highest BCUT2D eigenvalue weighted by Crippen LogP contribution is 2.28. The van der Waals surface area contributed by atoms with Crippen molar-refractivity contribution in [2.45, 2.75) is 50.3 Å². The Kier molecular flexibility index (Phi) is 6.80. The molecule has 1 fully saturated rings. The fourth-order valence-electron chi connectivity index (χ4n) is 2.80. The van der Waals surface area contributed by atoms with E-state index in [1.807, 2.05) is 11.8 Å². The molecule has 0 unspecified atom stereocenters. The molecular formula is C17H27NS. The van der Waals surface area contributed by atoms with Crippen molar-refractivity contribution in [1.82, 2.24) is 4.90 Å². The first-order chi connectivity index (χ1) is 9.40. The summed E-state index contributed by atoms with van der Waals surface area (Å²) < 4.78 is 0. The van der Waals surface area contributed by atoms with Gasteiger partial charge in [0.05, 0.1) is 0 Å². The lowest BCUT2D eigenvalue weighted by atomic mass is 10.1. The predicted octanol–water partition coefficient (Wildman–Crippen LogP) is 4.61. The lowest BCUT2D eigenvalue weighted by molar-refractivity contribution is 0.229. The Labute approximate surface area is 122 Å². The maximum atomic E-state index is 2.57. The number of nitrogens with zero attached hydrogens (tertiary/aromatic N) is 1. The molecule has 0 N–H and O–H groups in total. The number of piperidine rings is 1. The number of aryl methyl sites for hydroxylation is 1. The zero-order chi connectivity index (χ0) is 13.3. The number of hydrogen-bond donors (Lipinski definition) is 0. The standard InChI is InChI=1S/C9H10S.C8H17N/c1-2-6-9-8(4-1)5-3-7-10-9;1-2-6-9-7-4-3-5-8-9/h1-2,4,6H,3,5,7H2;2-8H2,1H3. The second kappa shape index (κ2) is 8.65. The van der Waals surface area contributed by atoms with Crippen molar-refractivity contribution in [2.24, 2.45) is 0 Å². The van der Waals surface area contributed by atoms with Gasteiger partial charge in [0, 0.05) is 4.90 Å². The molecule has 0 aromatic heterocycles. The van der Waals surface area contributed by atoms with Crippen LogP contribution in [0.5, 0.6) is 0 Å². The van der Waals surface area contributed by atoms with Crippen LogP contribution in [0.15, 0.2) is 29.2 Å². The first kappa shape index (κ1) is 14.9. The summed E-state index contributed by atoms with van der Waals surface area (Å²) in [6.45, 7) is 6.29. The SMILES string of the molecule is CCCN1CCCCC1.c1ccc2c(c1)CCCS2. The minimum atomic E-state index is 1.28. The van der Waals surface area contributed by atoms with E-state index in [1.54, 1.807) is 5.56 Å². The number of likely N-dealkylation sites (tertiary alicyclic amines) is 1. The molecule has 0 atom stereocenters. The van der Waals surface area contributed by atoms with Crippen molar-refractivity contribution in [3.05, 3.63) is 29.8 Å². The topological polar surface area (TPSA) is 3.24 Å². The largest absolute Gasteiger partial charge is 0.303 e. The molecule has 0 aliphatic carbocycles. The minimum Gasteiger partial charge on any atom is -0.303 e. The van der Waals surface area contributed by atoms with Crippen molar-refractivity contribution in [1.29, 1.82) is 0 Å². The minimum absolute atomic E-state index is 1.28. The molecule has 2 aliphatic rings. The first-order valence-corrected chi connectivity index (χ1v) is 8.82. The maximum Gasteiger partial charge on any atom is 0.0104 e. The van der Waals surface area contributed by atoms with Crippen LogP contribution >= 0.6 is 11.8 Å². The number of hydrogen-bond acceptors (Lipinski definition) is 2. The van der Waals surface area contributed by atoms with Gasteiger partial charge in [-0.15, -0.1) is 11.8 Å². The fraction of sp³-hybridized carbons (Fsp3) is 0.647. The number of rotatable bonds is 2. The summed E-state index contributed by atoms with van der Waals surface area (Å²) in [7, 11) is 0. The van der Waals surface area contributed by atoms with Crippen LogP contribution in [0.1, 0.15) is 44.6 Å². The van der Waals surface area contributed by atoms with Gasteiger partial charge < -0.3 is 4.90 Å². The van der Waals surface area contributed by atoms with E-state index in [9.17, 15) is 0 Å². The number of benzene rings is 1. The molecule has 0 amide bonds. The van der Waals surface area contributed by atoms with E-state index < -0.39 is 0 Å². The third kappa shape index (κ3) is 5.19. The summed E-state index contributed by atoms with van der Waals surface area (Å²) in [4.78, 5) is 4.07. The maximum absolute atomic E-state index is 2.57. The second-order valence-corrected chi connectivity index (χ2v) is 6.60. The predicted molar refractivity (Wildman–Crippen MR) is 86.1 cm³/mol. The van der Waals surface area contributed by atoms with Gasteiger partial charge in [-0.2, -0.15) is 0 Å². The van der Waals surface area contributed by atoms with Crippen LogP contribution < -0.4 is 0 Å². The third-order valence-electron chi connectivity index (χ3n) is 3.81. The van der Waals surface area contributed by atoms with Gasteiger partial charge in [-0.25, -0.2) is 0 Å². The Hall–Kier alpha value is -0.470. The van der Waals surface area contributed by atoms with Gasteiger partial charge in [0.15, 0.2) is 0 Å². The van der Waals surface area contributed by atoms with Gasteiger partial charge in [0.1, 0.15) is 0 Å². The zero-order valence-electron chi connectivity index (χ0n) is 12.2. The average Bonchev–Trinajstić information content (AvgIpc) is 2.50. The van der Waals surface area contributed by atoms with Crippen molar-refractivity contribution in [2.75, 3.05) is 25.4 Å². The van der Waals surface area contributed by atoms with E-state index >= 15 is 0 Å². The highest BCUT2D eigenvalue weighted by Gasteiger charge is 2.07. The Morgan fingerprint density at radius 1 is 1.05 bits per heavy atom. The lowest BCUT2D eigenvalue weighted by Crippen LogP contribution is -2.30. The molecule has 2 heterocycles. The molecule has 1 saturated heterocycles. The van der Waals surface area contributed by atoms with Gasteiger partial charge in [-0.3, -0.25) is 0 Å². The second-order valence-electron chi connectivity index (χ2n) is 5.46. The normalized spacial score (nSPS) is 19.2. The molecular weight excluding hydrogens is 250 g/mol. The highest BCUT2D eigenvalue weighted by atomic mass is 32.2. The van der Waals surface area contributed by atoms with E-state index in [0.717, 1.165) is 0 Å². The van der Waals surface area contributed by atoms with Gasteiger partial charge in [-0.05, 0) is 69.1 Å². The zero-order valence-corrected chi connectivity index (χ0v) is 13.1. The lowest BCUT2D eigenvalue weighted by Gasteiger charge is -2.25. The fourth-order valence-corrected chi connectivity index (χ4v) is 3.83. The quantitative estimate of drug-likeness (QED) is 0.777. The highest BCUT2D eigenvalue weighted by molar-refractivity contribution is 7.99. The van der Waals surface area contributed by atoms with Crippen molar-refractivity contribution in [3.8, 4) is 0 Å². The molecule has 2 heteroatoms. The summed E-state index contributed by atoms with van der Waals surface area (Å²) in [5, 5.41) is 0. The van der Waals surface area contributed by atoms with Crippen LogP contribution in [0.3, 0.4) is 0 Å². The number of thioether (sulfide) groups is 1. The van der Waals surface area contributed by atoms with E-state index in [0.29, 0.717) is 0 Å². The average molecular weight is 277 g/mol. The summed E-state index contributed by atoms with van der Waals surface area (Å²) in [5.74, 6) is 1.30. The molecule has 1 aromatic carbocycles. The summed E-state index contributed by atoms with van der Waals surface area (Å²) in [6, 6.07) is 8.71. The van der Waals surface area contributed by atoms with E-state index in [1.165, 1.54) is 68.8 Å². The van der Waals surface area contributed by atoms with Gasteiger partial charge in [-0.1, -0.05) is 31.5 Å². The Bertz CT molecular complexity index is 330. The smallest absolute Gasteiger partial charge is 0.0104 e. The molecule has 1 aromatic rings. The molecule has 3 rings (SSSR count). The summed E-state index contributed by atoms with van der Waals surface area (Å²) in [6.07, 6.45) is 8.27. The van der Waals surface area contributed by atoms with Gasteiger partial charge in [0.2, 0.25) is 0 Å². The van der Waals surface area contributed by atoms with Crippen LogP contribution in [0, 0.1) is 0 Å². The van der Waals surface area contributed by atoms with Crippen LogP contribution in [0.2, 0.25) is 0 Å². The van der Waals surface area contributed by atoms with Gasteiger partial charge >= 0.3 is 0 Å². The molecule has 0 saturated carbocycles. The summed E-state index contributed by atoms with van der Waals surface area (Å²) in [5.41, 5.74) is 1.54. The van der Waals surface area contributed by atoms with Crippen LogP contribution in [0.25, 0.3) is 0 Å². The molecule has 1 nitrogen and oxygen atoms in total. The van der Waals surface area contributed by atoms with E-state index in [4.69, 9.17) is 0 Å². The number of fused-ring (bicyclic) bond motifs is 1. The molecule has 2 aliphatic heterocycles. The Morgan fingerprint density at radius 2 is 1.84 bits per heavy atom. The molecule has 0 radical (unpaired) electrons. The summed E-state index contributed by atoms with van der Waals surface area (Å²) >= 11 is 1.99. The van der Waals surface area contributed by atoms with Gasteiger partial charge in [0.25, 0.3) is 0 Å². The van der Waals surface area contributed by atoms with Crippen LogP contribution in [-0.4, -0.2) is 30.3 Å². The van der Waals surface area contributed by atoms with E-state index in [-0.39, 0.29) is 0 Å².